The molecule has 0 bridgehead atoms. The van der Waals surface area contributed by atoms with Crippen molar-refractivity contribution in [2.75, 3.05) is 5.43 Å². The van der Waals surface area contributed by atoms with E-state index in [1.165, 1.54) is 19.3 Å². The molecule has 8 nitrogen and oxygen atoms in total. The summed E-state index contributed by atoms with van der Waals surface area (Å²) in [4.78, 5) is 25.3. The van der Waals surface area contributed by atoms with Crippen LogP contribution in [0, 0.1) is 13.8 Å². The van der Waals surface area contributed by atoms with Gasteiger partial charge in [0, 0.05) is 0 Å². The highest BCUT2D eigenvalue weighted by Gasteiger charge is 2.11. The van der Waals surface area contributed by atoms with Crippen LogP contribution in [0.25, 0.3) is 0 Å². The number of rotatable bonds is 3. The number of H-pyrrole nitrogens is 1. The third-order valence-electron chi connectivity index (χ3n) is 2.26. The lowest BCUT2D eigenvalue weighted by Gasteiger charge is -2.05. The zero-order valence-electron chi connectivity index (χ0n) is 9.77. The number of aromatic nitrogens is 3. The van der Waals surface area contributed by atoms with Crippen molar-refractivity contribution in [1.29, 1.82) is 0 Å². The molecule has 0 aliphatic rings. The minimum atomic E-state index is -0.399. The van der Waals surface area contributed by atoms with Gasteiger partial charge in [0.2, 0.25) is 5.95 Å². The van der Waals surface area contributed by atoms with Gasteiger partial charge in [-0.3, -0.25) is 25.4 Å². The maximum absolute atomic E-state index is 11.7. The normalized spacial score (nSPS) is 10.1. The van der Waals surface area contributed by atoms with Crippen molar-refractivity contribution in [2.45, 2.75) is 13.8 Å². The fraction of sp³-hybridized carbons (Fsp3) is 0.200. The number of carbonyl (C=O) groups excluding carboxylic acids is 1. The lowest BCUT2D eigenvalue weighted by Crippen LogP contribution is -2.32. The maximum atomic E-state index is 11.7. The zero-order valence-corrected chi connectivity index (χ0v) is 9.77. The van der Waals surface area contributed by atoms with Crippen molar-refractivity contribution < 1.29 is 9.21 Å². The molecule has 18 heavy (non-hydrogen) atoms. The smallest absolute Gasteiger partial charge is 0.274 e. The van der Waals surface area contributed by atoms with E-state index in [4.69, 9.17) is 4.42 Å². The summed E-state index contributed by atoms with van der Waals surface area (Å²) in [6, 6.07) is 1.54. The van der Waals surface area contributed by atoms with Crippen molar-refractivity contribution in [3.63, 3.8) is 0 Å². The van der Waals surface area contributed by atoms with E-state index < -0.39 is 5.91 Å². The molecule has 3 N–H and O–H groups in total. The van der Waals surface area contributed by atoms with Gasteiger partial charge in [-0.1, -0.05) is 0 Å². The second kappa shape index (κ2) is 4.70. The minimum absolute atomic E-state index is 0.0556. The summed E-state index contributed by atoms with van der Waals surface area (Å²) in [5, 5.41) is 7.27. The van der Waals surface area contributed by atoms with Crippen molar-refractivity contribution in [3.8, 4) is 0 Å². The number of hydrogen-bond acceptors (Lipinski definition) is 6. The highest BCUT2D eigenvalue weighted by molar-refractivity contribution is 5.95. The van der Waals surface area contributed by atoms with Crippen LogP contribution >= 0.6 is 0 Å². The van der Waals surface area contributed by atoms with E-state index in [2.05, 4.69) is 26.0 Å². The number of carbonyl (C=O) groups is 1. The van der Waals surface area contributed by atoms with E-state index in [-0.39, 0.29) is 17.2 Å². The van der Waals surface area contributed by atoms with E-state index in [0.717, 1.165) is 0 Å². The first-order chi connectivity index (χ1) is 8.58. The first-order valence-corrected chi connectivity index (χ1v) is 5.12. The second-order valence-corrected chi connectivity index (χ2v) is 3.56. The Morgan fingerprint density at radius 1 is 1.39 bits per heavy atom. The molecule has 2 heterocycles. The number of amides is 1. The van der Waals surface area contributed by atoms with Crippen LogP contribution in [0.4, 0.5) is 5.95 Å². The minimum Gasteiger partial charge on any atom is -0.469 e. The van der Waals surface area contributed by atoms with Gasteiger partial charge in [0.15, 0.2) is 0 Å². The number of furan rings is 1. The number of hydrazine groups is 1. The summed E-state index contributed by atoms with van der Waals surface area (Å²) in [6.07, 6.45) is 1.41. The molecule has 8 heteroatoms. The third kappa shape index (κ3) is 2.37. The van der Waals surface area contributed by atoms with Crippen molar-refractivity contribution in [1.82, 2.24) is 20.6 Å². The molecule has 0 saturated carbocycles. The Morgan fingerprint density at radius 2 is 2.17 bits per heavy atom. The van der Waals surface area contributed by atoms with Gasteiger partial charge in [-0.25, -0.2) is 0 Å². The Bertz CT molecular complexity index is 630. The van der Waals surface area contributed by atoms with Gasteiger partial charge in [-0.2, -0.15) is 0 Å². The van der Waals surface area contributed by atoms with Crippen LogP contribution in [0.1, 0.15) is 21.8 Å². The van der Waals surface area contributed by atoms with Gasteiger partial charge in [0.25, 0.3) is 11.5 Å². The molecule has 2 aromatic heterocycles. The zero-order chi connectivity index (χ0) is 13.1. The predicted molar refractivity (Wildman–Crippen MR) is 61.9 cm³/mol. The van der Waals surface area contributed by atoms with Gasteiger partial charge in [0.05, 0.1) is 11.8 Å². The molecule has 0 spiro atoms. The van der Waals surface area contributed by atoms with Crippen LogP contribution in [0.3, 0.4) is 0 Å². The molecule has 2 rings (SSSR count). The SMILES string of the molecule is Cc1occc1C(=O)NNc1nnc(C)c(=O)[nH]1. The molecule has 94 valence electrons. The lowest BCUT2D eigenvalue weighted by molar-refractivity contribution is 0.0960. The third-order valence-corrected chi connectivity index (χ3v) is 2.26. The second-order valence-electron chi connectivity index (χ2n) is 3.56. The van der Waals surface area contributed by atoms with Gasteiger partial charge >= 0.3 is 0 Å². The first kappa shape index (κ1) is 11.8. The molecule has 0 atom stereocenters. The van der Waals surface area contributed by atoms with Crippen molar-refractivity contribution >= 4 is 11.9 Å². The monoisotopic (exact) mass is 249 g/mol. The highest BCUT2D eigenvalue weighted by Crippen LogP contribution is 2.07. The summed E-state index contributed by atoms with van der Waals surface area (Å²) in [6.45, 7) is 3.20. The molecule has 0 unspecified atom stereocenters. The molecule has 0 aliphatic heterocycles. The van der Waals surface area contributed by atoms with Crippen LogP contribution in [0.15, 0.2) is 21.5 Å². The van der Waals surface area contributed by atoms with Crippen LogP contribution in [0.5, 0.6) is 0 Å². The summed E-state index contributed by atoms with van der Waals surface area (Å²) < 4.78 is 5.00. The average molecular weight is 249 g/mol. The molecule has 2 aromatic rings. The Labute approximate surface area is 101 Å². The van der Waals surface area contributed by atoms with E-state index in [0.29, 0.717) is 11.3 Å². The Kier molecular flexibility index (Phi) is 3.09. The van der Waals surface area contributed by atoms with Gasteiger partial charge < -0.3 is 4.42 Å². The number of nitrogens with one attached hydrogen (secondary N) is 3. The van der Waals surface area contributed by atoms with Gasteiger partial charge in [-0.05, 0) is 19.9 Å². The van der Waals surface area contributed by atoms with Crippen LogP contribution in [0.2, 0.25) is 0 Å². The van der Waals surface area contributed by atoms with Crippen LogP contribution in [-0.4, -0.2) is 21.1 Å². The summed E-state index contributed by atoms with van der Waals surface area (Å²) in [5.41, 5.74) is 5.09. The van der Waals surface area contributed by atoms with Crippen LogP contribution in [-0.2, 0) is 0 Å². The van der Waals surface area contributed by atoms with E-state index in [1.807, 2.05) is 0 Å². The number of aromatic amines is 1. The van der Waals surface area contributed by atoms with Gasteiger partial charge in [-0.15, -0.1) is 10.2 Å². The van der Waals surface area contributed by atoms with E-state index in [1.54, 1.807) is 6.92 Å². The van der Waals surface area contributed by atoms with Gasteiger partial charge in [0.1, 0.15) is 11.5 Å². The fourth-order valence-electron chi connectivity index (χ4n) is 1.25. The lowest BCUT2D eigenvalue weighted by atomic mass is 10.2. The Balaban J connectivity index is 2.04. The molecule has 0 radical (unpaired) electrons. The Morgan fingerprint density at radius 3 is 2.78 bits per heavy atom. The summed E-state index contributed by atoms with van der Waals surface area (Å²) >= 11 is 0. The van der Waals surface area contributed by atoms with Crippen molar-refractivity contribution in [3.05, 3.63) is 39.7 Å². The highest BCUT2D eigenvalue weighted by atomic mass is 16.3. The quantitative estimate of drug-likeness (QED) is 0.666. The number of aryl methyl sites for hydroxylation is 2. The molecule has 1 amide bonds. The first-order valence-electron chi connectivity index (χ1n) is 5.12. The van der Waals surface area contributed by atoms with Crippen molar-refractivity contribution in [2.24, 2.45) is 0 Å². The molecule has 0 aliphatic carbocycles. The maximum Gasteiger partial charge on any atom is 0.274 e. The molecular formula is C10H11N5O3. The summed E-state index contributed by atoms with van der Waals surface area (Å²) in [5.74, 6) is 0.155. The number of hydrogen-bond donors (Lipinski definition) is 3. The molecule has 0 aromatic carbocycles. The topological polar surface area (TPSA) is 113 Å². The molecule has 0 fully saturated rings. The molecule has 0 saturated heterocycles. The fourth-order valence-corrected chi connectivity index (χ4v) is 1.25. The Hall–Kier alpha value is -2.64. The number of anilines is 1. The largest absolute Gasteiger partial charge is 0.469 e. The van der Waals surface area contributed by atoms with E-state index in [9.17, 15) is 9.59 Å². The molecular weight excluding hydrogens is 238 g/mol. The predicted octanol–water partition coefficient (Wildman–Crippen LogP) is 0.132. The van der Waals surface area contributed by atoms with Crippen LogP contribution < -0.4 is 16.4 Å². The van der Waals surface area contributed by atoms with E-state index >= 15 is 0 Å². The number of nitrogens with zero attached hydrogens (tertiary/aromatic N) is 2. The standard InChI is InChI=1S/C10H11N5O3/c1-5-8(16)11-10(14-12-5)15-13-9(17)7-3-4-18-6(7)2/h3-4H,1-2H3,(H,13,17)(H2,11,14,15,16). The summed E-state index contributed by atoms with van der Waals surface area (Å²) in [7, 11) is 0. The average Bonchev–Trinajstić information content (AvgIpc) is 2.77.